The fraction of sp³-hybridized carbons (Fsp3) is 0.400. The molecule has 1 spiro atoms. The van der Waals surface area contributed by atoms with Crippen LogP contribution in [0.1, 0.15) is 24.0 Å². The Labute approximate surface area is 142 Å². The van der Waals surface area contributed by atoms with E-state index >= 15 is 0 Å². The number of rotatable bonds is 2. The van der Waals surface area contributed by atoms with E-state index in [0.29, 0.717) is 12.7 Å². The lowest BCUT2D eigenvalue weighted by atomic mass is 9.78. The molecule has 2 aromatic carbocycles. The van der Waals surface area contributed by atoms with Crippen LogP contribution in [0.2, 0.25) is 0 Å². The molecule has 24 heavy (non-hydrogen) atoms. The Bertz CT molecular complexity index is 785. The van der Waals surface area contributed by atoms with Gasteiger partial charge in [-0.2, -0.15) is 0 Å². The minimum Gasteiger partial charge on any atom is -0.492 e. The SMILES string of the molecule is Nc1ccc2c(c1)OCC21CN(C[C@H]2CCCO2)c2ccccc21. The smallest absolute Gasteiger partial charge is 0.125 e. The highest BCUT2D eigenvalue weighted by Crippen LogP contribution is 2.51. The highest BCUT2D eigenvalue weighted by atomic mass is 16.5. The summed E-state index contributed by atoms with van der Waals surface area (Å²) in [5.74, 6) is 0.934. The number of nitrogens with zero attached hydrogens (tertiary/aromatic N) is 1. The molecule has 0 saturated carbocycles. The molecule has 124 valence electrons. The monoisotopic (exact) mass is 322 g/mol. The van der Waals surface area contributed by atoms with Gasteiger partial charge in [0.2, 0.25) is 0 Å². The minimum absolute atomic E-state index is 0.0851. The summed E-state index contributed by atoms with van der Waals surface area (Å²) in [6, 6.07) is 14.8. The zero-order valence-electron chi connectivity index (χ0n) is 13.7. The maximum atomic E-state index is 6.05. The van der Waals surface area contributed by atoms with E-state index in [0.717, 1.165) is 37.6 Å². The molecule has 0 aromatic heterocycles. The number of nitrogens with two attached hydrogens (primary N) is 1. The second-order valence-corrected chi connectivity index (χ2v) is 7.16. The maximum Gasteiger partial charge on any atom is 0.125 e. The molecule has 3 aliphatic heterocycles. The summed E-state index contributed by atoms with van der Waals surface area (Å²) in [6.07, 6.45) is 2.69. The summed E-state index contributed by atoms with van der Waals surface area (Å²) in [7, 11) is 0. The molecule has 1 unspecified atom stereocenters. The Kier molecular flexibility index (Phi) is 3.04. The average molecular weight is 322 g/mol. The molecule has 3 aliphatic rings. The number of benzene rings is 2. The van der Waals surface area contributed by atoms with Crippen LogP contribution in [-0.2, 0) is 10.2 Å². The van der Waals surface area contributed by atoms with E-state index in [2.05, 4.69) is 35.2 Å². The summed E-state index contributed by atoms with van der Waals surface area (Å²) in [5.41, 5.74) is 10.6. The van der Waals surface area contributed by atoms with Crippen LogP contribution in [0.3, 0.4) is 0 Å². The first kappa shape index (κ1) is 14.2. The van der Waals surface area contributed by atoms with Crippen LogP contribution in [0.25, 0.3) is 0 Å². The van der Waals surface area contributed by atoms with E-state index in [1.54, 1.807) is 0 Å². The van der Waals surface area contributed by atoms with Gasteiger partial charge in [-0.3, -0.25) is 0 Å². The molecule has 4 nitrogen and oxygen atoms in total. The first-order chi connectivity index (χ1) is 11.8. The number of fused-ring (bicyclic) bond motifs is 4. The van der Waals surface area contributed by atoms with E-state index in [4.69, 9.17) is 15.2 Å². The van der Waals surface area contributed by atoms with E-state index in [1.165, 1.54) is 23.2 Å². The minimum atomic E-state index is -0.0851. The molecule has 5 rings (SSSR count). The molecule has 0 amide bonds. The van der Waals surface area contributed by atoms with Crippen LogP contribution in [0.5, 0.6) is 5.75 Å². The summed E-state index contributed by atoms with van der Waals surface area (Å²) >= 11 is 0. The van der Waals surface area contributed by atoms with Crippen LogP contribution in [0.15, 0.2) is 42.5 Å². The fourth-order valence-corrected chi connectivity index (χ4v) is 4.53. The van der Waals surface area contributed by atoms with Crippen LogP contribution in [-0.4, -0.2) is 32.4 Å². The van der Waals surface area contributed by atoms with Crippen molar-refractivity contribution >= 4 is 11.4 Å². The van der Waals surface area contributed by atoms with Gasteiger partial charge in [0.05, 0.1) is 11.5 Å². The van der Waals surface area contributed by atoms with Gasteiger partial charge >= 0.3 is 0 Å². The molecular weight excluding hydrogens is 300 g/mol. The van der Waals surface area contributed by atoms with Gasteiger partial charge in [-0.1, -0.05) is 24.3 Å². The molecule has 0 bridgehead atoms. The van der Waals surface area contributed by atoms with Crippen molar-refractivity contribution in [3.8, 4) is 5.75 Å². The molecule has 2 aromatic rings. The molecule has 0 aliphatic carbocycles. The number of hydrogen-bond acceptors (Lipinski definition) is 4. The zero-order chi connectivity index (χ0) is 16.1. The Morgan fingerprint density at radius 3 is 2.96 bits per heavy atom. The van der Waals surface area contributed by atoms with Crippen molar-refractivity contribution < 1.29 is 9.47 Å². The van der Waals surface area contributed by atoms with Crippen molar-refractivity contribution in [3.63, 3.8) is 0 Å². The van der Waals surface area contributed by atoms with E-state index in [-0.39, 0.29) is 5.41 Å². The largest absolute Gasteiger partial charge is 0.492 e. The third kappa shape index (κ3) is 1.96. The number of nitrogen functional groups attached to an aromatic ring is 1. The topological polar surface area (TPSA) is 47.7 Å². The number of hydrogen-bond donors (Lipinski definition) is 1. The Morgan fingerprint density at radius 2 is 2.08 bits per heavy atom. The van der Waals surface area contributed by atoms with Gasteiger partial charge in [-0.25, -0.2) is 0 Å². The summed E-state index contributed by atoms with van der Waals surface area (Å²) in [4.78, 5) is 2.49. The Morgan fingerprint density at radius 1 is 1.17 bits per heavy atom. The Hall–Kier alpha value is -2.20. The van der Waals surface area contributed by atoms with Crippen LogP contribution >= 0.6 is 0 Å². The van der Waals surface area contributed by atoms with Crippen molar-refractivity contribution in [2.24, 2.45) is 0 Å². The second-order valence-electron chi connectivity index (χ2n) is 7.16. The standard InChI is InChI=1S/C20H22N2O2/c21-14-7-8-17-19(10-14)24-13-20(17)12-22(11-15-4-3-9-23-15)18-6-2-1-5-16(18)20/h1-2,5-8,10,15H,3-4,9,11-13,21H2/t15-,20?/m1/s1. The molecule has 3 heterocycles. The normalized spacial score (nSPS) is 27.3. The molecule has 2 N–H and O–H groups in total. The predicted molar refractivity (Wildman–Crippen MR) is 94.8 cm³/mol. The van der Waals surface area contributed by atoms with Gasteiger partial charge in [0, 0.05) is 42.7 Å². The molecule has 1 fully saturated rings. The first-order valence-corrected chi connectivity index (χ1v) is 8.75. The lowest BCUT2D eigenvalue weighted by Gasteiger charge is -2.26. The van der Waals surface area contributed by atoms with E-state index in [9.17, 15) is 0 Å². The van der Waals surface area contributed by atoms with Gasteiger partial charge in [-0.15, -0.1) is 0 Å². The number of ether oxygens (including phenoxy) is 2. The van der Waals surface area contributed by atoms with Crippen molar-refractivity contribution in [3.05, 3.63) is 53.6 Å². The Balaban J connectivity index is 1.57. The first-order valence-electron chi connectivity index (χ1n) is 8.75. The third-order valence-electron chi connectivity index (χ3n) is 5.66. The predicted octanol–water partition coefficient (Wildman–Crippen LogP) is 2.95. The summed E-state index contributed by atoms with van der Waals surface area (Å²) in [5, 5.41) is 0. The van der Waals surface area contributed by atoms with Gasteiger partial charge in [0.1, 0.15) is 12.4 Å². The number of anilines is 2. The second kappa shape index (κ2) is 5.15. The van der Waals surface area contributed by atoms with Crippen LogP contribution < -0.4 is 15.4 Å². The average Bonchev–Trinajstić information content (AvgIpc) is 3.29. The highest BCUT2D eigenvalue weighted by Gasteiger charge is 2.49. The molecule has 1 saturated heterocycles. The summed E-state index contributed by atoms with van der Waals surface area (Å²) in [6.45, 7) is 3.49. The van der Waals surface area contributed by atoms with Crippen LogP contribution in [0.4, 0.5) is 11.4 Å². The molecular formula is C20H22N2O2. The van der Waals surface area contributed by atoms with Gasteiger partial charge in [-0.05, 0) is 30.5 Å². The zero-order valence-corrected chi connectivity index (χ0v) is 13.7. The fourth-order valence-electron chi connectivity index (χ4n) is 4.53. The highest BCUT2D eigenvalue weighted by molar-refractivity contribution is 5.70. The van der Waals surface area contributed by atoms with Crippen molar-refractivity contribution in [2.45, 2.75) is 24.4 Å². The van der Waals surface area contributed by atoms with Gasteiger partial charge in [0.15, 0.2) is 0 Å². The lowest BCUT2D eigenvalue weighted by Crippen LogP contribution is -2.39. The van der Waals surface area contributed by atoms with Crippen molar-refractivity contribution in [2.75, 3.05) is 36.9 Å². The third-order valence-corrected chi connectivity index (χ3v) is 5.66. The van der Waals surface area contributed by atoms with Crippen molar-refractivity contribution in [1.82, 2.24) is 0 Å². The van der Waals surface area contributed by atoms with Gasteiger partial charge in [0.25, 0.3) is 0 Å². The lowest BCUT2D eigenvalue weighted by molar-refractivity contribution is 0.115. The molecule has 2 atom stereocenters. The molecule has 0 radical (unpaired) electrons. The van der Waals surface area contributed by atoms with E-state index < -0.39 is 0 Å². The quantitative estimate of drug-likeness (QED) is 0.864. The van der Waals surface area contributed by atoms with E-state index in [1.807, 2.05) is 12.1 Å². The van der Waals surface area contributed by atoms with Crippen molar-refractivity contribution in [1.29, 1.82) is 0 Å². The molecule has 4 heteroatoms. The van der Waals surface area contributed by atoms with Gasteiger partial charge < -0.3 is 20.1 Å². The maximum absolute atomic E-state index is 6.05. The van der Waals surface area contributed by atoms with Crippen LogP contribution in [0, 0.1) is 0 Å². The summed E-state index contributed by atoms with van der Waals surface area (Å²) < 4.78 is 11.9. The number of para-hydroxylation sites is 1.